The molecule has 0 saturated heterocycles. The molecule has 0 aromatic carbocycles. The third kappa shape index (κ3) is 2.66. The van der Waals surface area contributed by atoms with Crippen LogP contribution in [0.5, 0.6) is 0 Å². The summed E-state index contributed by atoms with van der Waals surface area (Å²) in [6.45, 7) is 1.64. The van der Waals surface area contributed by atoms with Gasteiger partial charge in [-0.15, -0.1) is 0 Å². The van der Waals surface area contributed by atoms with Crippen LogP contribution in [0.4, 0.5) is 10.6 Å². The van der Waals surface area contributed by atoms with Gasteiger partial charge in [-0.1, -0.05) is 0 Å². The Bertz CT molecular complexity index is 602. The van der Waals surface area contributed by atoms with Crippen molar-refractivity contribution < 1.29 is 4.79 Å². The molecular formula is C13H18N6O. The van der Waals surface area contributed by atoms with E-state index in [-0.39, 0.29) is 6.03 Å². The molecule has 2 N–H and O–H groups in total. The minimum Gasteiger partial charge on any atom is -0.338 e. The van der Waals surface area contributed by atoms with E-state index in [2.05, 4.69) is 25.3 Å². The Kier molecular flexibility index (Phi) is 3.41. The molecule has 0 unspecified atom stereocenters. The highest BCUT2D eigenvalue weighted by Gasteiger charge is 2.19. The summed E-state index contributed by atoms with van der Waals surface area (Å²) in [6.07, 6.45) is 7.47. The third-order valence-corrected chi connectivity index (χ3v) is 3.67. The van der Waals surface area contributed by atoms with Crippen LogP contribution in [0.1, 0.15) is 12.2 Å². The van der Waals surface area contributed by atoms with Crippen LogP contribution < -0.4 is 10.6 Å². The Balaban J connectivity index is 1.48. The highest BCUT2D eigenvalue weighted by molar-refractivity contribution is 5.88. The lowest BCUT2D eigenvalue weighted by molar-refractivity contribution is 0.248. The molecule has 7 nitrogen and oxygen atoms in total. The van der Waals surface area contributed by atoms with E-state index < -0.39 is 0 Å². The predicted octanol–water partition coefficient (Wildman–Crippen LogP) is 1.00. The zero-order valence-corrected chi connectivity index (χ0v) is 11.4. The number of hydrogen-bond acceptors (Lipinski definition) is 3. The lowest BCUT2D eigenvalue weighted by Crippen LogP contribution is -2.36. The number of rotatable bonds is 3. The van der Waals surface area contributed by atoms with Crippen LogP contribution in [0.15, 0.2) is 24.7 Å². The number of nitrogens with zero attached hydrogens (tertiary/aromatic N) is 4. The monoisotopic (exact) mass is 274 g/mol. The summed E-state index contributed by atoms with van der Waals surface area (Å²) in [5, 5.41) is 9.69. The Morgan fingerprint density at radius 3 is 3.20 bits per heavy atom. The van der Waals surface area contributed by atoms with Gasteiger partial charge in [-0.05, 0) is 12.3 Å². The Morgan fingerprint density at radius 2 is 2.40 bits per heavy atom. The van der Waals surface area contributed by atoms with E-state index in [1.54, 1.807) is 24.0 Å². The van der Waals surface area contributed by atoms with Crippen molar-refractivity contribution in [2.45, 2.75) is 19.4 Å². The maximum atomic E-state index is 11.8. The largest absolute Gasteiger partial charge is 0.338 e. The Morgan fingerprint density at radius 1 is 1.50 bits per heavy atom. The number of imidazole rings is 1. The smallest absolute Gasteiger partial charge is 0.320 e. The van der Waals surface area contributed by atoms with Gasteiger partial charge in [-0.3, -0.25) is 10.00 Å². The van der Waals surface area contributed by atoms with Crippen LogP contribution in [0.2, 0.25) is 0 Å². The number of hydrogen-bond donors (Lipinski definition) is 2. The first kappa shape index (κ1) is 12.7. The standard InChI is InChI=1S/C13H18N6O/c1-18-11(2-4-16-18)17-13(20)15-9-10-3-6-19-7-5-14-12(19)8-10/h2,4-5,7,10H,3,6,8-9H2,1H3,(H2,15,17,20)/t10-/m0/s1. The summed E-state index contributed by atoms with van der Waals surface area (Å²) in [5.41, 5.74) is 0. The first-order valence-corrected chi connectivity index (χ1v) is 6.75. The summed E-state index contributed by atoms with van der Waals surface area (Å²) in [4.78, 5) is 16.1. The minimum absolute atomic E-state index is 0.192. The minimum atomic E-state index is -0.192. The van der Waals surface area contributed by atoms with Gasteiger partial charge in [0.1, 0.15) is 11.6 Å². The lowest BCUT2D eigenvalue weighted by Gasteiger charge is -2.23. The molecule has 0 bridgehead atoms. The van der Waals surface area contributed by atoms with Crippen molar-refractivity contribution >= 4 is 11.8 Å². The molecule has 0 spiro atoms. The molecule has 1 aliphatic heterocycles. The molecule has 0 radical (unpaired) electrons. The summed E-state index contributed by atoms with van der Waals surface area (Å²) in [7, 11) is 1.79. The number of amides is 2. The van der Waals surface area contributed by atoms with Crippen LogP contribution >= 0.6 is 0 Å². The van der Waals surface area contributed by atoms with Gasteiger partial charge in [0.25, 0.3) is 0 Å². The lowest BCUT2D eigenvalue weighted by atomic mass is 9.98. The first-order valence-electron chi connectivity index (χ1n) is 6.75. The van der Waals surface area contributed by atoms with Gasteiger partial charge >= 0.3 is 6.03 Å². The van der Waals surface area contributed by atoms with Crippen molar-refractivity contribution in [1.82, 2.24) is 24.6 Å². The normalized spacial score (nSPS) is 17.6. The Hall–Kier alpha value is -2.31. The maximum Gasteiger partial charge on any atom is 0.320 e. The average molecular weight is 274 g/mol. The van der Waals surface area contributed by atoms with Gasteiger partial charge in [-0.2, -0.15) is 5.10 Å². The second kappa shape index (κ2) is 5.36. The molecule has 3 rings (SSSR count). The molecule has 0 saturated carbocycles. The van der Waals surface area contributed by atoms with E-state index in [1.807, 2.05) is 12.4 Å². The van der Waals surface area contributed by atoms with Crippen molar-refractivity contribution in [2.75, 3.05) is 11.9 Å². The fourth-order valence-electron chi connectivity index (χ4n) is 2.48. The molecule has 3 heterocycles. The number of carbonyl (C=O) groups is 1. The molecule has 2 aromatic rings. The number of aromatic nitrogens is 4. The summed E-state index contributed by atoms with van der Waals surface area (Å²) in [6, 6.07) is 1.57. The zero-order chi connectivity index (χ0) is 13.9. The highest BCUT2D eigenvalue weighted by Crippen LogP contribution is 2.18. The van der Waals surface area contributed by atoms with Gasteiger partial charge in [0.15, 0.2) is 0 Å². The van der Waals surface area contributed by atoms with Crippen LogP contribution in [-0.2, 0) is 20.0 Å². The number of carbonyl (C=O) groups excluding carboxylic acids is 1. The maximum absolute atomic E-state index is 11.8. The van der Waals surface area contributed by atoms with Crippen LogP contribution in [0.3, 0.4) is 0 Å². The van der Waals surface area contributed by atoms with Crippen molar-refractivity contribution in [3.8, 4) is 0 Å². The number of nitrogens with one attached hydrogen (secondary N) is 2. The van der Waals surface area contributed by atoms with Gasteiger partial charge in [-0.25, -0.2) is 9.78 Å². The zero-order valence-electron chi connectivity index (χ0n) is 11.4. The topological polar surface area (TPSA) is 76.8 Å². The molecule has 0 aliphatic carbocycles. The summed E-state index contributed by atoms with van der Waals surface area (Å²) >= 11 is 0. The summed E-state index contributed by atoms with van der Waals surface area (Å²) in [5.74, 6) is 2.24. The predicted molar refractivity (Wildman–Crippen MR) is 74.3 cm³/mol. The van der Waals surface area contributed by atoms with E-state index in [1.165, 1.54) is 0 Å². The fourth-order valence-corrected chi connectivity index (χ4v) is 2.48. The van der Waals surface area contributed by atoms with E-state index >= 15 is 0 Å². The average Bonchev–Trinajstić information content (AvgIpc) is 3.05. The van der Waals surface area contributed by atoms with Crippen LogP contribution in [0.25, 0.3) is 0 Å². The van der Waals surface area contributed by atoms with E-state index in [0.717, 1.165) is 25.2 Å². The third-order valence-electron chi connectivity index (χ3n) is 3.67. The van der Waals surface area contributed by atoms with E-state index in [0.29, 0.717) is 18.3 Å². The van der Waals surface area contributed by atoms with Crippen LogP contribution in [0, 0.1) is 5.92 Å². The SMILES string of the molecule is Cn1nccc1NC(=O)NC[C@H]1CCn2ccnc2C1. The Labute approximate surface area is 117 Å². The number of aryl methyl sites for hydroxylation is 2. The van der Waals surface area contributed by atoms with E-state index in [4.69, 9.17) is 0 Å². The van der Waals surface area contributed by atoms with Gasteiger partial charge in [0.05, 0.1) is 6.20 Å². The second-order valence-electron chi connectivity index (χ2n) is 5.07. The molecule has 0 fully saturated rings. The number of urea groups is 1. The number of fused-ring (bicyclic) bond motifs is 1. The first-order chi connectivity index (χ1) is 9.72. The molecular weight excluding hydrogens is 256 g/mol. The van der Waals surface area contributed by atoms with Gasteiger partial charge in [0, 0.05) is 45.0 Å². The summed E-state index contributed by atoms with van der Waals surface area (Å²) < 4.78 is 3.79. The van der Waals surface area contributed by atoms with E-state index in [9.17, 15) is 4.79 Å². The van der Waals surface area contributed by atoms with Crippen molar-refractivity contribution in [3.05, 3.63) is 30.5 Å². The molecule has 2 amide bonds. The highest BCUT2D eigenvalue weighted by atomic mass is 16.2. The van der Waals surface area contributed by atoms with Crippen molar-refractivity contribution in [3.63, 3.8) is 0 Å². The number of anilines is 1. The van der Waals surface area contributed by atoms with Crippen molar-refractivity contribution in [1.29, 1.82) is 0 Å². The molecule has 2 aromatic heterocycles. The molecule has 106 valence electrons. The second-order valence-corrected chi connectivity index (χ2v) is 5.07. The van der Waals surface area contributed by atoms with Gasteiger partial charge in [0.2, 0.25) is 0 Å². The molecule has 20 heavy (non-hydrogen) atoms. The molecule has 1 atom stereocenters. The van der Waals surface area contributed by atoms with Gasteiger partial charge < -0.3 is 9.88 Å². The quantitative estimate of drug-likeness (QED) is 0.876. The molecule has 1 aliphatic rings. The van der Waals surface area contributed by atoms with Crippen molar-refractivity contribution in [2.24, 2.45) is 13.0 Å². The molecule has 7 heteroatoms. The van der Waals surface area contributed by atoms with Crippen LogP contribution in [-0.4, -0.2) is 31.9 Å². The fraction of sp³-hybridized carbons (Fsp3) is 0.462.